The number of thiocarbonyl (C=S) groups is 1. The molecule has 0 bridgehead atoms. The monoisotopic (exact) mass is 331 g/mol. The minimum absolute atomic E-state index is 0.253. The Balaban J connectivity index is 2.59. The van der Waals surface area contributed by atoms with E-state index in [1.165, 1.54) is 12.1 Å². The number of aromatic nitrogens is 2. The van der Waals surface area contributed by atoms with Crippen molar-refractivity contribution < 1.29 is 4.39 Å². The van der Waals surface area contributed by atoms with Crippen molar-refractivity contribution in [1.82, 2.24) is 9.97 Å². The van der Waals surface area contributed by atoms with E-state index in [1.54, 1.807) is 11.4 Å². The highest BCUT2D eigenvalue weighted by Crippen LogP contribution is 2.29. The third-order valence-corrected chi connectivity index (χ3v) is 4.18. The fourth-order valence-corrected chi connectivity index (χ4v) is 2.81. The number of nitrogens with zero attached hydrogens (tertiary/aromatic N) is 2. The second kappa shape index (κ2) is 7.59. The standard InChI is InChI=1S/C18H22FN3S/c1-5-14(6-2)22-18-16(10-23)17(20-12(4)21-18)15-8-7-13(19)9-11(15)3/h7-10,14H,5-6H2,1-4H3,(H,20,21,22). The maximum Gasteiger partial charge on any atom is 0.138 e. The summed E-state index contributed by atoms with van der Waals surface area (Å²) in [7, 11) is 0. The van der Waals surface area contributed by atoms with E-state index >= 15 is 0 Å². The topological polar surface area (TPSA) is 37.8 Å². The first-order valence-corrected chi connectivity index (χ1v) is 8.34. The Morgan fingerprint density at radius 2 is 1.91 bits per heavy atom. The molecule has 2 aromatic rings. The summed E-state index contributed by atoms with van der Waals surface area (Å²) in [4.78, 5) is 9.07. The Hall–Kier alpha value is -1.88. The lowest BCUT2D eigenvalue weighted by Crippen LogP contribution is -2.20. The number of hydrogen-bond donors (Lipinski definition) is 1. The average molecular weight is 331 g/mol. The Labute approximate surface area is 142 Å². The van der Waals surface area contributed by atoms with E-state index in [0.717, 1.165) is 41.0 Å². The second-order valence-electron chi connectivity index (χ2n) is 5.62. The number of halogens is 1. The first-order valence-electron chi connectivity index (χ1n) is 7.87. The second-order valence-corrected chi connectivity index (χ2v) is 5.85. The lowest BCUT2D eigenvalue weighted by Gasteiger charge is -2.19. The van der Waals surface area contributed by atoms with Crippen molar-refractivity contribution in [3.63, 3.8) is 0 Å². The van der Waals surface area contributed by atoms with Crippen LogP contribution in [0.2, 0.25) is 0 Å². The molecule has 0 unspecified atom stereocenters. The van der Waals surface area contributed by atoms with Crippen LogP contribution in [0.15, 0.2) is 18.2 Å². The lowest BCUT2D eigenvalue weighted by molar-refractivity contribution is 0.627. The third kappa shape index (κ3) is 3.91. The van der Waals surface area contributed by atoms with Crippen LogP contribution in [-0.2, 0) is 0 Å². The number of anilines is 1. The summed E-state index contributed by atoms with van der Waals surface area (Å²) in [5.41, 5.74) is 3.24. The zero-order chi connectivity index (χ0) is 17.0. The molecule has 23 heavy (non-hydrogen) atoms. The first-order chi connectivity index (χ1) is 11.0. The quantitative estimate of drug-likeness (QED) is 0.768. The number of benzene rings is 1. The van der Waals surface area contributed by atoms with Crippen LogP contribution in [0.5, 0.6) is 0 Å². The van der Waals surface area contributed by atoms with E-state index in [-0.39, 0.29) is 5.82 Å². The molecule has 3 nitrogen and oxygen atoms in total. The van der Waals surface area contributed by atoms with Gasteiger partial charge in [0.1, 0.15) is 17.5 Å². The summed E-state index contributed by atoms with van der Waals surface area (Å²) in [5.74, 6) is 1.16. The van der Waals surface area contributed by atoms with Gasteiger partial charge >= 0.3 is 0 Å². The Bertz CT molecular complexity index is 712. The molecule has 0 fully saturated rings. The van der Waals surface area contributed by atoms with Gasteiger partial charge in [0.2, 0.25) is 0 Å². The van der Waals surface area contributed by atoms with E-state index in [1.807, 2.05) is 13.8 Å². The summed E-state index contributed by atoms with van der Waals surface area (Å²) in [6.45, 7) is 8.00. The number of aryl methyl sites for hydroxylation is 2. The lowest BCUT2D eigenvalue weighted by atomic mass is 10.0. The minimum Gasteiger partial charge on any atom is -0.367 e. The van der Waals surface area contributed by atoms with Crippen LogP contribution in [0.4, 0.5) is 10.2 Å². The smallest absolute Gasteiger partial charge is 0.138 e. The van der Waals surface area contributed by atoms with Gasteiger partial charge in [-0.05, 0) is 50.5 Å². The van der Waals surface area contributed by atoms with Gasteiger partial charge in [0.15, 0.2) is 0 Å². The van der Waals surface area contributed by atoms with Gasteiger partial charge in [-0.25, -0.2) is 14.4 Å². The van der Waals surface area contributed by atoms with Crippen molar-refractivity contribution in [2.24, 2.45) is 0 Å². The highest BCUT2D eigenvalue weighted by atomic mass is 32.1. The largest absolute Gasteiger partial charge is 0.367 e. The van der Waals surface area contributed by atoms with Crippen molar-refractivity contribution in [3.8, 4) is 11.3 Å². The maximum atomic E-state index is 13.4. The molecule has 0 spiro atoms. The van der Waals surface area contributed by atoms with Gasteiger partial charge in [0, 0.05) is 17.0 Å². The van der Waals surface area contributed by atoms with E-state index < -0.39 is 0 Å². The average Bonchev–Trinajstić information content (AvgIpc) is 2.52. The summed E-state index contributed by atoms with van der Waals surface area (Å²) >= 11 is 5.21. The van der Waals surface area contributed by atoms with Crippen molar-refractivity contribution in [2.75, 3.05) is 5.32 Å². The highest BCUT2D eigenvalue weighted by Gasteiger charge is 2.16. The van der Waals surface area contributed by atoms with Crippen molar-refractivity contribution >= 4 is 23.4 Å². The van der Waals surface area contributed by atoms with Crippen LogP contribution in [0.1, 0.15) is 43.6 Å². The summed E-state index contributed by atoms with van der Waals surface area (Å²) in [5, 5.41) is 5.06. The van der Waals surface area contributed by atoms with Gasteiger partial charge in [-0.15, -0.1) is 0 Å². The van der Waals surface area contributed by atoms with E-state index in [2.05, 4.69) is 29.1 Å². The molecule has 5 heteroatoms. The zero-order valence-corrected chi connectivity index (χ0v) is 14.8. The molecule has 1 N–H and O–H groups in total. The minimum atomic E-state index is -0.253. The summed E-state index contributed by atoms with van der Waals surface area (Å²) in [6, 6.07) is 5.03. The molecule has 1 aromatic carbocycles. The third-order valence-electron chi connectivity index (χ3n) is 3.95. The van der Waals surface area contributed by atoms with Gasteiger partial charge in [0.25, 0.3) is 0 Å². The van der Waals surface area contributed by atoms with Crippen LogP contribution in [0.3, 0.4) is 0 Å². The fraction of sp³-hybridized carbons (Fsp3) is 0.389. The van der Waals surface area contributed by atoms with Crippen LogP contribution in [-0.4, -0.2) is 21.4 Å². The Kier molecular flexibility index (Phi) is 5.77. The molecule has 1 aromatic heterocycles. The Morgan fingerprint density at radius 3 is 2.48 bits per heavy atom. The molecule has 0 atom stereocenters. The molecule has 0 aliphatic carbocycles. The number of rotatable bonds is 6. The van der Waals surface area contributed by atoms with E-state index in [4.69, 9.17) is 12.2 Å². The van der Waals surface area contributed by atoms with Gasteiger partial charge in [-0.1, -0.05) is 26.1 Å². The molecule has 0 aliphatic heterocycles. The molecular formula is C18H22FN3S. The number of hydrogen-bond acceptors (Lipinski definition) is 4. The van der Waals surface area contributed by atoms with Crippen LogP contribution < -0.4 is 5.32 Å². The van der Waals surface area contributed by atoms with E-state index in [9.17, 15) is 4.39 Å². The molecule has 0 saturated heterocycles. The summed E-state index contributed by atoms with van der Waals surface area (Å²) < 4.78 is 13.4. The SMILES string of the molecule is CCC(CC)Nc1nc(C)nc(-c2ccc(F)cc2C)c1C=S. The molecule has 0 radical (unpaired) electrons. The molecule has 0 saturated carbocycles. The molecule has 0 amide bonds. The zero-order valence-electron chi connectivity index (χ0n) is 14.0. The first kappa shape index (κ1) is 17.5. The van der Waals surface area contributed by atoms with Crippen molar-refractivity contribution in [2.45, 2.75) is 46.6 Å². The molecule has 0 aliphatic rings. The van der Waals surface area contributed by atoms with Crippen LogP contribution >= 0.6 is 12.2 Å². The van der Waals surface area contributed by atoms with Gasteiger partial charge < -0.3 is 5.32 Å². The van der Waals surface area contributed by atoms with Gasteiger partial charge in [0.05, 0.1) is 11.3 Å². The molecular weight excluding hydrogens is 309 g/mol. The maximum absolute atomic E-state index is 13.4. The highest BCUT2D eigenvalue weighted by molar-refractivity contribution is 7.79. The van der Waals surface area contributed by atoms with Gasteiger partial charge in [-0.2, -0.15) is 0 Å². The van der Waals surface area contributed by atoms with E-state index in [0.29, 0.717) is 11.9 Å². The van der Waals surface area contributed by atoms with Gasteiger partial charge in [-0.3, -0.25) is 0 Å². The molecule has 122 valence electrons. The fourth-order valence-electron chi connectivity index (χ4n) is 2.59. The molecule has 1 heterocycles. The van der Waals surface area contributed by atoms with Crippen LogP contribution in [0, 0.1) is 19.7 Å². The number of nitrogens with one attached hydrogen (secondary N) is 1. The molecule has 2 rings (SSSR count). The normalized spacial score (nSPS) is 10.9. The predicted octanol–water partition coefficient (Wildman–Crippen LogP) is 4.85. The van der Waals surface area contributed by atoms with Crippen molar-refractivity contribution in [3.05, 3.63) is 41.0 Å². The predicted molar refractivity (Wildman–Crippen MR) is 97.6 cm³/mol. The summed E-state index contributed by atoms with van der Waals surface area (Å²) in [6.07, 6.45) is 2.00. The Morgan fingerprint density at radius 1 is 1.22 bits per heavy atom. The van der Waals surface area contributed by atoms with Crippen LogP contribution in [0.25, 0.3) is 11.3 Å². The van der Waals surface area contributed by atoms with Crippen molar-refractivity contribution in [1.29, 1.82) is 0 Å².